The quantitative estimate of drug-likeness (QED) is 0.865. The molecule has 0 aromatic heterocycles. The first-order valence-electron chi connectivity index (χ1n) is 8.34. The van der Waals surface area contributed by atoms with Gasteiger partial charge in [-0.1, -0.05) is 0 Å². The van der Waals surface area contributed by atoms with Gasteiger partial charge >= 0.3 is 6.03 Å². The van der Waals surface area contributed by atoms with Crippen LogP contribution in [0.15, 0.2) is 23.1 Å². The van der Waals surface area contributed by atoms with Gasteiger partial charge in [-0.25, -0.2) is 13.2 Å². The van der Waals surface area contributed by atoms with E-state index in [1.807, 2.05) is 0 Å². The van der Waals surface area contributed by atoms with E-state index in [2.05, 4.69) is 5.32 Å². The number of anilines is 1. The number of hydrogen-bond acceptors (Lipinski definition) is 5. The molecule has 1 aromatic rings. The fourth-order valence-electron chi connectivity index (χ4n) is 2.98. The van der Waals surface area contributed by atoms with E-state index in [1.165, 1.54) is 23.5 Å². The predicted molar refractivity (Wildman–Crippen MR) is 92.4 cm³/mol. The SMILES string of the molecule is COc1ccc(S(=O)(=O)N2CCCC2)cc1NC(=O)N1CCOCC1. The third-order valence-electron chi connectivity index (χ3n) is 4.41. The Morgan fingerprint density at radius 3 is 2.48 bits per heavy atom. The summed E-state index contributed by atoms with van der Waals surface area (Å²) in [5.74, 6) is 0.419. The molecule has 138 valence electrons. The molecule has 0 saturated carbocycles. The van der Waals surface area contributed by atoms with Crippen LogP contribution in [-0.4, -0.2) is 70.2 Å². The molecule has 2 aliphatic rings. The summed E-state index contributed by atoms with van der Waals surface area (Å²) >= 11 is 0. The Bertz CT molecular complexity index is 725. The van der Waals surface area contributed by atoms with Gasteiger partial charge in [-0.15, -0.1) is 0 Å². The number of urea groups is 1. The van der Waals surface area contributed by atoms with Crippen LogP contribution in [0.3, 0.4) is 0 Å². The Morgan fingerprint density at radius 2 is 1.84 bits per heavy atom. The second kappa shape index (κ2) is 7.59. The molecule has 0 radical (unpaired) electrons. The smallest absolute Gasteiger partial charge is 0.322 e. The standard InChI is InChI=1S/C16H23N3O5S/c1-23-15-5-4-13(25(21,22)19-6-2-3-7-19)12-14(15)17-16(20)18-8-10-24-11-9-18/h4-5,12H,2-3,6-11H2,1H3,(H,17,20). The molecule has 2 fully saturated rings. The van der Waals surface area contributed by atoms with Crippen LogP contribution in [0.2, 0.25) is 0 Å². The summed E-state index contributed by atoms with van der Waals surface area (Å²) in [7, 11) is -2.07. The molecule has 2 aliphatic heterocycles. The molecular weight excluding hydrogens is 346 g/mol. The number of rotatable bonds is 4. The summed E-state index contributed by atoms with van der Waals surface area (Å²) in [5, 5.41) is 2.76. The molecule has 0 unspecified atom stereocenters. The first-order chi connectivity index (χ1) is 12.0. The molecule has 0 aliphatic carbocycles. The lowest BCUT2D eigenvalue weighted by molar-refractivity contribution is 0.0564. The summed E-state index contributed by atoms with van der Waals surface area (Å²) < 4.78 is 37.4. The van der Waals surface area contributed by atoms with E-state index in [-0.39, 0.29) is 10.9 Å². The van der Waals surface area contributed by atoms with Crippen molar-refractivity contribution < 1.29 is 22.7 Å². The zero-order valence-corrected chi connectivity index (χ0v) is 15.0. The third-order valence-corrected chi connectivity index (χ3v) is 6.31. The lowest BCUT2D eigenvalue weighted by atomic mass is 10.3. The fourth-order valence-corrected chi connectivity index (χ4v) is 4.53. The van der Waals surface area contributed by atoms with Gasteiger partial charge in [0.2, 0.25) is 10.0 Å². The van der Waals surface area contributed by atoms with Crippen LogP contribution >= 0.6 is 0 Å². The van der Waals surface area contributed by atoms with Gasteiger partial charge in [-0.05, 0) is 31.0 Å². The minimum absolute atomic E-state index is 0.160. The second-order valence-electron chi connectivity index (χ2n) is 6.00. The molecule has 0 atom stereocenters. The highest BCUT2D eigenvalue weighted by Crippen LogP contribution is 2.30. The van der Waals surface area contributed by atoms with Gasteiger partial charge in [0.25, 0.3) is 0 Å². The van der Waals surface area contributed by atoms with Crippen molar-refractivity contribution in [3.05, 3.63) is 18.2 Å². The normalized spacial score (nSPS) is 19.0. The van der Waals surface area contributed by atoms with Gasteiger partial charge in [0.05, 0.1) is 30.9 Å². The molecule has 8 nitrogen and oxygen atoms in total. The lowest BCUT2D eigenvalue weighted by Gasteiger charge is -2.27. The molecule has 0 spiro atoms. The Labute approximate surface area is 147 Å². The molecule has 2 saturated heterocycles. The van der Waals surface area contributed by atoms with E-state index >= 15 is 0 Å². The van der Waals surface area contributed by atoms with Crippen LogP contribution in [0.5, 0.6) is 5.75 Å². The van der Waals surface area contributed by atoms with Crippen molar-refractivity contribution in [1.29, 1.82) is 0 Å². The summed E-state index contributed by atoms with van der Waals surface area (Å²) in [5.41, 5.74) is 0.347. The molecule has 1 aromatic carbocycles. The van der Waals surface area contributed by atoms with Crippen molar-refractivity contribution in [2.75, 3.05) is 51.8 Å². The number of amides is 2. The summed E-state index contributed by atoms with van der Waals surface area (Å²) in [6.45, 7) is 3.05. The van der Waals surface area contributed by atoms with E-state index in [0.29, 0.717) is 50.8 Å². The first-order valence-corrected chi connectivity index (χ1v) is 9.78. The van der Waals surface area contributed by atoms with Gasteiger partial charge in [-0.2, -0.15) is 4.31 Å². The van der Waals surface area contributed by atoms with Crippen molar-refractivity contribution in [3.63, 3.8) is 0 Å². The molecule has 1 N–H and O–H groups in total. The Hall–Kier alpha value is -1.84. The van der Waals surface area contributed by atoms with Crippen molar-refractivity contribution in [2.45, 2.75) is 17.7 Å². The number of carbonyl (C=O) groups excluding carboxylic acids is 1. The Morgan fingerprint density at radius 1 is 1.16 bits per heavy atom. The van der Waals surface area contributed by atoms with E-state index in [4.69, 9.17) is 9.47 Å². The third kappa shape index (κ3) is 3.88. The maximum Gasteiger partial charge on any atom is 0.322 e. The summed E-state index contributed by atoms with van der Waals surface area (Å²) in [6, 6.07) is 4.25. The number of sulfonamides is 1. The van der Waals surface area contributed by atoms with E-state index < -0.39 is 10.0 Å². The number of nitrogens with one attached hydrogen (secondary N) is 1. The molecule has 2 amide bonds. The zero-order chi connectivity index (χ0) is 17.9. The van der Waals surface area contributed by atoms with Gasteiger partial charge in [-0.3, -0.25) is 0 Å². The number of morpholine rings is 1. The molecule has 2 heterocycles. The van der Waals surface area contributed by atoms with Crippen molar-refractivity contribution in [3.8, 4) is 5.75 Å². The first kappa shape index (κ1) is 18.0. The van der Waals surface area contributed by atoms with Crippen molar-refractivity contribution in [1.82, 2.24) is 9.21 Å². The molecule has 0 bridgehead atoms. The van der Waals surface area contributed by atoms with Crippen LogP contribution in [0.25, 0.3) is 0 Å². The minimum atomic E-state index is -3.55. The van der Waals surface area contributed by atoms with E-state index in [0.717, 1.165) is 12.8 Å². The number of benzene rings is 1. The summed E-state index contributed by atoms with van der Waals surface area (Å²) in [4.78, 5) is 14.2. The van der Waals surface area contributed by atoms with Crippen LogP contribution in [-0.2, 0) is 14.8 Å². The number of methoxy groups -OCH3 is 1. The highest BCUT2D eigenvalue weighted by Gasteiger charge is 2.28. The topological polar surface area (TPSA) is 88.2 Å². The van der Waals surface area contributed by atoms with Gasteiger partial charge in [0.1, 0.15) is 5.75 Å². The highest BCUT2D eigenvalue weighted by molar-refractivity contribution is 7.89. The molecule has 25 heavy (non-hydrogen) atoms. The van der Waals surface area contributed by atoms with Crippen LogP contribution in [0, 0.1) is 0 Å². The van der Waals surface area contributed by atoms with Crippen LogP contribution in [0.1, 0.15) is 12.8 Å². The van der Waals surface area contributed by atoms with Crippen LogP contribution in [0.4, 0.5) is 10.5 Å². The van der Waals surface area contributed by atoms with Gasteiger partial charge < -0.3 is 19.7 Å². The average molecular weight is 369 g/mol. The van der Waals surface area contributed by atoms with Crippen molar-refractivity contribution >= 4 is 21.7 Å². The molecule has 9 heteroatoms. The highest BCUT2D eigenvalue weighted by atomic mass is 32.2. The minimum Gasteiger partial charge on any atom is -0.495 e. The van der Waals surface area contributed by atoms with E-state index in [1.54, 1.807) is 11.0 Å². The number of nitrogens with zero attached hydrogens (tertiary/aromatic N) is 2. The predicted octanol–water partition coefficient (Wildman–Crippen LogP) is 1.34. The van der Waals surface area contributed by atoms with Gasteiger partial charge in [0.15, 0.2) is 0 Å². The monoisotopic (exact) mass is 369 g/mol. The molecule has 3 rings (SSSR count). The number of ether oxygens (including phenoxy) is 2. The maximum atomic E-state index is 12.7. The Balaban J connectivity index is 1.83. The number of carbonyl (C=O) groups is 1. The fraction of sp³-hybridized carbons (Fsp3) is 0.562. The van der Waals surface area contributed by atoms with Crippen molar-refractivity contribution in [2.24, 2.45) is 0 Å². The molecular formula is C16H23N3O5S. The zero-order valence-electron chi connectivity index (χ0n) is 14.2. The second-order valence-corrected chi connectivity index (χ2v) is 7.94. The number of hydrogen-bond donors (Lipinski definition) is 1. The van der Waals surface area contributed by atoms with Gasteiger partial charge in [0, 0.05) is 26.2 Å². The average Bonchev–Trinajstić information content (AvgIpc) is 3.18. The largest absolute Gasteiger partial charge is 0.495 e. The van der Waals surface area contributed by atoms with E-state index in [9.17, 15) is 13.2 Å². The van der Waals surface area contributed by atoms with Crippen LogP contribution < -0.4 is 10.1 Å². The lowest BCUT2D eigenvalue weighted by Crippen LogP contribution is -2.43. The Kier molecular flexibility index (Phi) is 5.45. The summed E-state index contributed by atoms with van der Waals surface area (Å²) in [6.07, 6.45) is 1.74. The maximum absolute atomic E-state index is 12.7.